The Hall–Kier alpha value is -3.93. The number of hydrogen-bond acceptors (Lipinski definition) is 9. The number of Topliss-reactive ketones (excluding diaryl/α,β-unsaturated/α-hetero) is 1. The number of carbonyl (C=O) groups is 2. The van der Waals surface area contributed by atoms with Gasteiger partial charge in [-0.3, -0.25) is 19.7 Å². The number of nitrogens with zero attached hydrogens (tertiary/aromatic N) is 4. The second-order valence-corrected chi connectivity index (χ2v) is 9.12. The van der Waals surface area contributed by atoms with Crippen LogP contribution in [0.1, 0.15) is 46.4 Å². The lowest BCUT2D eigenvalue weighted by atomic mass is 10.0. The van der Waals surface area contributed by atoms with Gasteiger partial charge in [0.15, 0.2) is 28.3 Å². The van der Waals surface area contributed by atoms with Crippen molar-refractivity contribution in [1.82, 2.24) is 20.1 Å². The highest BCUT2D eigenvalue weighted by atomic mass is 32.2. The molecule has 2 aromatic carbocycles. The molecule has 1 aliphatic heterocycles. The summed E-state index contributed by atoms with van der Waals surface area (Å²) in [5.74, 6) is 1.13. The number of nitro benzene ring substituents is 1. The van der Waals surface area contributed by atoms with Crippen molar-refractivity contribution in [3.05, 3.63) is 69.5 Å². The Morgan fingerprint density at radius 1 is 1.14 bits per heavy atom. The summed E-state index contributed by atoms with van der Waals surface area (Å²) >= 11 is 1.17. The van der Waals surface area contributed by atoms with Gasteiger partial charge in [-0.15, -0.1) is 10.2 Å². The molecule has 1 aromatic heterocycles. The predicted octanol–water partition coefficient (Wildman–Crippen LogP) is 3.55. The molecule has 0 bridgehead atoms. The maximum atomic E-state index is 12.9. The summed E-state index contributed by atoms with van der Waals surface area (Å²) in [5.41, 5.74) is 0.545. The van der Waals surface area contributed by atoms with Crippen LogP contribution in [0.3, 0.4) is 0 Å². The Labute approximate surface area is 205 Å². The van der Waals surface area contributed by atoms with E-state index in [1.807, 2.05) is 13.8 Å². The lowest BCUT2D eigenvalue weighted by Gasteiger charge is -2.21. The van der Waals surface area contributed by atoms with E-state index in [1.54, 1.807) is 35.9 Å². The average molecular weight is 498 g/mol. The number of amides is 1. The van der Waals surface area contributed by atoms with Gasteiger partial charge >= 0.3 is 0 Å². The maximum Gasteiger partial charge on any atom is 0.270 e. The lowest BCUT2D eigenvalue weighted by Crippen LogP contribution is -2.33. The number of rotatable bonds is 9. The minimum absolute atomic E-state index is 0.000195. The molecule has 1 amide bonds. The van der Waals surface area contributed by atoms with Crippen molar-refractivity contribution in [2.45, 2.75) is 25.0 Å². The maximum absolute atomic E-state index is 12.9. The van der Waals surface area contributed by atoms with Crippen LogP contribution >= 0.6 is 11.8 Å². The molecule has 0 spiro atoms. The van der Waals surface area contributed by atoms with Gasteiger partial charge in [-0.1, -0.05) is 37.7 Å². The van der Waals surface area contributed by atoms with Crippen molar-refractivity contribution >= 4 is 29.1 Å². The number of aromatic nitrogens is 3. The number of fused-ring (bicyclic) bond motifs is 1. The third kappa shape index (κ3) is 5.27. The number of ether oxygens (including phenoxy) is 2. The summed E-state index contributed by atoms with van der Waals surface area (Å²) in [6.07, 6.45) is 0. The van der Waals surface area contributed by atoms with Gasteiger partial charge in [-0.05, 0) is 24.1 Å². The van der Waals surface area contributed by atoms with E-state index in [0.29, 0.717) is 28.0 Å². The van der Waals surface area contributed by atoms with E-state index in [-0.39, 0.29) is 41.4 Å². The van der Waals surface area contributed by atoms with E-state index in [9.17, 15) is 19.7 Å². The van der Waals surface area contributed by atoms with Crippen LogP contribution in [-0.4, -0.2) is 43.9 Å². The van der Waals surface area contributed by atoms with Crippen LogP contribution in [-0.2, 0) is 7.05 Å². The van der Waals surface area contributed by atoms with E-state index in [2.05, 4.69) is 15.5 Å². The van der Waals surface area contributed by atoms with Crippen LogP contribution in [0.4, 0.5) is 5.69 Å². The Balaban J connectivity index is 1.45. The summed E-state index contributed by atoms with van der Waals surface area (Å²) in [4.78, 5) is 35.9. The summed E-state index contributed by atoms with van der Waals surface area (Å²) in [7, 11) is 1.76. The molecule has 3 aromatic rings. The summed E-state index contributed by atoms with van der Waals surface area (Å²) < 4.78 is 12.4. The molecule has 11 nitrogen and oxygen atoms in total. The number of hydrogen-bond donors (Lipinski definition) is 1. The largest absolute Gasteiger partial charge is 0.454 e. The number of nitro groups is 1. The molecule has 0 aliphatic carbocycles. The van der Waals surface area contributed by atoms with E-state index < -0.39 is 11.0 Å². The number of carbonyl (C=O) groups excluding carboxylic acids is 2. The molecule has 1 unspecified atom stereocenters. The molecule has 35 heavy (non-hydrogen) atoms. The highest BCUT2D eigenvalue weighted by molar-refractivity contribution is 7.99. The average Bonchev–Trinajstić information content (AvgIpc) is 3.46. The molecule has 0 radical (unpaired) electrons. The molecule has 1 atom stereocenters. The minimum Gasteiger partial charge on any atom is -0.454 e. The van der Waals surface area contributed by atoms with E-state index in [4.69, 9.17) is 9.47 Å². The highest BCUT2D eigenvalue weighted by Gasteiger charge is 2.26. The first-order valence-electron chi connectivity index (χ1n) is 10.7. The van der Waals surface area contributed by atoms with Crippen molar-refractivity contribution in [1.29, 1.82) is 0 Å². The molecule has 182 valence electrons. The van der Waals surface area contributed by atoms with Gasteiger partial charge in [0.2, 0.25) is 6.79 Å². The predicted molar refractivity (Wildman–Crippen MR) is 127 cm³/mol. The van der Waals surface area contributed by atoms with Crippen LogP contribution in [0.5, 0.6) is 11.5 Å². The summed E-state index contributed by atoms with van der Waals surface area (Å²) in [6, 6.07) is 10.2. The number of non-ortho nitro benzene ring substituents is 1. The van der Waals surface area contributed by atoms with Crippen LogP contribution in [0.15, 0.2) is 47.6 Å². The third-order valence-corrected chi connectivity index (χ3v) is 6.47. The Bertz CT molecular complexity index is 1290. The van der Waals surface area contributed by atoms with Crippen LogP contribution < -0.4 is 14.8 Å². The van der Waals surface area contributed by atoms with Crippen LogP contribution in [0.2, 0.25) is 0 Å². The second kappa shape index (κ2) is 10.1. The second-order valence-electron chi connectivity index (χ2n) is 8.18. The Morgan fingerprint density at radius 3 is 2.66 bits per heavy atom. The molecule has 0 saturated heterocycles. The first-order chi connectivity index (χ1) is 16.7. The van der Waals surface area contributed by atoms with Crippen molar-refractivity contribution in [2.24, 2.45) is 13.0 Å². The topological polar surface area (TPSA) is 138 Å². The number of benzene rings is 2. The first kappa shape index (κ1) is 24.2. The molecule has 4 rings (SSSR count). The van der Waals surface area contributed by atoms with E-state index in [1.165, 1.54) is 30.0 Å². The lowest BCUT2D eigenvalue weighted by molar-refractivity contribution is -0.384. The molecule has 1 aliphatic rings. The molecular formula is C23H23N5O6S. The van der Waals surface area contributed by atoms with E-state index in [0.717, 1.165) is 0 Å². The van der Waals surface area contributed by atoms with Gasteiger partial charge in [-0.2, -0.15) is 0 Å². The standard InChI is InChI=1S/C23H23N5O6S/c1-13(2)20(24-22(30)15-7-8-18-19(10-15)34-12-33-18)21-25-26-23(27(21)3)35-11-17(29)14-5-4-6-16(9-14)28(31)32/h4-10,13,20H,11-12H2,1-3H3,(H,24,30). The third-order valence-electron chi connectivity index (χ3n) is 5.45. The van der Waals surface area contributed by atoms with Crippen LogP contribution in [0, 0.1) is 16.0 Å². The number of nitrogens with one attached hydrogen (secondary N) is 1. The molecule has 0 saturated carbocycles. The molecule has 0 fully saturated rings. The zero-order chi connectivity index (χ0) is 25.1. The molecule has 2 heterocycles. The van der Waals surface area contributed by atoms with Crippen molar-refractivity contribution < 1.29 is 24.0 Å². The quantitative estimate of drug-likeness (QED) is 0.203. The highest BCUT2D eigenvalue weighted by Crippen LogP contribution is 2.33. The number of ketones is 1. The fraction of sp³-hybridized carbons (Fsp3) is 0.304. The van der Waals surface area contributed by atoms with Crippen molar-refractivity contribution in [3.8, 4) is 11.5 Å². The van der Waals surface area contributed by atoms with Gasteiger partial charge in [0.05, 0.1) is 16.7 Å². The molecular weight excluding hydrogens is 474 g/mol. The fourth-order valence-electron chi connectivity index (χ4n) is 3.52. The molecule has 1 N–H and O–H groups in total. The minimum atomic E-state index is -0.539. The van der Waals surface area contributed by atoms with Gasteiger partial charge in [-0.25, -0.2) is 0 Å². The number of thioether (sulfide) groups is 1. The van der Waals surface area contributed by atoms with Crippen molar-refractivity contribution in [3.63, 3.8) is 0 Å². The fourth-order valence-corrected chi connectivity index (χ4v) is 4.33. The smallest absolute Gasteiger partial charge is 0.270 e. The Morgan fingerprint density at radius 2 is 1.91 bits per heavy atom. The normalized spacial score (nSPS) is 13.0. The summed E-state index contributed by atoms with van der Waals surface area (Å²) in [5, 5.41) is 22.9. The van der Waals surface area contributed by atoms with Gasteiger partial charge in [0, 0.05) is 30.3 Å². The van der Waals surface area contributed by atoms with Gasteiger partial charge < -0.3 is 19.4 Å². The Kier molecular flexibility index (Phi) is 7.01. The van der Waals surface area contributed by atoms with Crippen LogP contribution in [0.25, 0.3) is 0 Å². The van der Waals surface area contributed by atoms with Crippen molar-refractivity contribution in [2.75, 3.05) is 12.5 Å². The monoisotopic (exact) mass is 497 g/mol. The zero-order valence-corrected chi connectivity index (χ0v) is 20.1. The zero-order valence-electron chi connectivity index (χ0n) is 19.3. The summed E-state index contributed by atoms with van der Waals surface area (Å²) in [6.45, 7) is 4.04. The van der Waals surface area contributed by atoms with E-state index >= 15 is 0 Å². The molecule has 12 heteroatoms. The van der Waals surface area contributed by atoms with Gasteiger partial charge in [0.25, 0.3) is 11.6 Å². The SMILES string of the molecule is CC(C)C(NC(=O)c1ccc2c(c1)OCO2)c1nnc(SCC(=O)c2cccc([N+](=O)[O-])c2)n1C. The van der Waals surface area contributed by atoms with Gasteiger partial charge in [0.1, 0.15) is 0 Å². The first-order valence-corrected chi connectivity index (χ1v) is 11.7.